The van der Waals surface area contributed by atoms with Gasteiger partial charge in [-0.3, -0.25) is 0 Å². The van der Waals surface area contributed by atoms with Gasteiger partial charge in [-0.05, 0) is 11.1 Å². The van der Waals surface area contributed by atoms with E-state index < -0.39 is 0 Å². The Morgan fingerprint density at radius 3 is 2.73 bits per heavy atom. The molecule has 15 heavy (non-hydrogen) atoms. The lowest BCUT2D eigenvalue weighted by Crippen LogP contribution is -2.41. The maximum atomic E-state index is 6.15. The van der Waals surface area contributed by atoms with E-state index in [0.29, 0.717) is 0 Å². The van der Waals surface area contributed by atoms with Crippen LogP contribution in [0.4, 0.5) is 0 Å². The topological polar surface area (TPSA) is 44.5 Å². The number of hydrogen-bond donors (Lipinski definition) is 1. The summed E-state index contributed by atoms with van der Waals surface area (Å²) in [5.41, 5.74) is 8.72. The molecular weight excluding hydrogens is 190 g/mol. The fraction of sp³-hybridized carbons (Fsp3) is 0.500. The Kier molecular flexibility index (Phi) is 2.24. The molecule has 2 aliphatic rings. The maximum absolute atomic E-state index is 6.15. The van der Waals surface area contributed by atoms with Gasteiger partial charge in [0.05, 0.1) is 25.4 Å². The lowest BCUT2D eigenvalue weighted by atomic mass is 10.1. The molecule has 3 heteroatoms. The number of nitrogens with two attached hydrogens (primary N) is 1. The molecule has 3 rings (SSSR count). The van der Waals surface area contributed by atoms with Crippen molar-refractivity contribution >= 4 is 0 Å². The molecule has 0 aromatic heterocycles. The number of hydrogen-bond acceptors (Lipinski definition) is 3. The number of rotatable bonds is 2. The smallest absolute Gasteiger partial charge is 0.105 e. The van der Waals surface area contributed by atoms with Crippen molar-refractivity contribution in [3.63, 3.8) is 0 Å². The Morgan fingerprint density at radius 2 is 2.07 bits per heavy atom. The zero-order valence-electron chi connectivity index (χ0n) is 8.56. The molecule has 0 amide bonds. The highest BCUT2D eigenvalue weighted by Crippen LogP contribution is 2.32. The Morgan fingerprint density at radius 1 is 1.27 bits per heavy atom. The third-order valence-corrected chi connectivity index (χ3v) is 3.21. The van der Waals surface area contributed by atoms with Crippen molar-refractivity contribution in [1.82, 2.24) is 0 Å². The quantitative estimate of drug-likeness (QED) is 0.784. The van der Waals surface area contributed by atoms with E-state index in [1.54, 1.807) is 0 Å². The molecule has 1 aliphatic heterocycles. The standard InChI is InChI=1S/C12H15NO2/c13-12-10-4-2-1-3-8(10)5-11(12)15-9-6-14-7-9/h1-4,9,11-12H,5-7,13H2. The van der Waals surface area contributed by atoms with Crippen LogP contribution in [0.2, 0.25) is 0 Å². The van der Waals surface area contributed by atoms with Gasteiger partial charge in [-0.15, -0.1) is 0 Å². The van der Waals surface area contributed by atoms with Crippen LogP contribution in [0.3, 0.4) is 0 Å². The van der Waals surface area contributed by atoms with Crippen LogP contribution in [0.5, 0.6) is 0 Å². The summed E-state index contributed by atoms with van der Waals surface area (Å²) in [5.74, 6) is 0. The molecule has 0 spiro atoms. The molecule has 1 saturated heterocycles. The summed E-state index contributed by atoms with van der Waals surface area (Å²) in [5, 5.41) is 0. The van der Waals surface area contributed by atoms with E-state index in [-0.39, 0.29) is 18.2 Å². The van der Waals surface area contributed by atoms with Gasteiger partial charge in [-0.25, -0.2) is 0 Å². The second-order valence-electron chi connectivity index (χ2n) is 4.26. The fourth-order valence-electron chi connectivity index (χ4n) is 2.26. The zero-order valence-corrected chi connectivity index (χ0v) is 8.56. The second kappa shape index (κ2) is 3.59. The first-order valence-electron chi connectivity index (χ1n) is 5.41. The van der Waals surface area contributed by atoms with Crippen molar-refractivity contribution in [3.05, 3.63) is 35.4 Å². The third kappa shape index (κ3) is 1.57. The van der Waals surface area contributed by atoms with Gasteiger partial charge >= 0.3 is 0 Å². The molecule has 80 valence electrons. The molecule has 1 aromatic rings. The van der Waals surface area contributed by atoms with E-state index in [4.69, 9.17) is 15.2 Å². The van der Waals surface area contributed by atoms with E-state index in [0.717, 1.165) is 19.6 Å². The van der Waals surface area contributed by atoms with E-state index in [1.165, 1.54) is 11.1 Å². The van der Waals surface area contributed by atoms with Gasteiger partial charge in [0, 0.05) is 6.42 Å². The van der Waals surface area contributed by atoms with Crippen molar-refractivity contribution < 1.29 is 9.47 Å². The Hall–Kier alpha value is -0.900. The molecule has 1 fully saturated rings. The van der Waals surface area contributed by atoms with Crippen molar-refractivity contribution in [3.8, 4) is 0 Å². The fourth-order valence-corrected chi connectivity index (χ4v) is 2.26. The van der Waals surface area contributed by atoms with Crippen molar-refractivity contribution in [2.75, 3.05) is 13.2 Å². The highest BCUT2D eigenvalue weighted by atomic mass is 16.6. The summed E-state index contributed by atoms with van der Waals surface area (Å²) in [6.07, 6.45) is 1.33. The molecule has 2 unspecified atom stereocenters. The summed E-state index contributed by atoms with van der Waals surface area (Å²) in [6.45, 7) is 1.44. The first-order chi connectivity index (χ1) is 7.34. The highest BCUT2D eigenvalue weighted by Gasteiger charge is 2.33. The third-order valence-electron chi connectivity index (χ3n) is 3.21. The van der Waals surface area contributed by atoms with E-state index >= 15 is 0 Å². The van der Waals surface area contributed by atoms with Crippen LogP contribution >= 0.6 is 0 Å². The maximum Gasteiger partial charge on any atom is 0.105 e. The SMILES string of the molecule is NC1c2ccccc2CC1OC1COC1. The number of fused-ring (bicyclic) bond motifs is 1. The van der Waals surface area contributed by atoms with Crippen LogP contribution in [0.1, 0.15) is 17.2 Å². The van der Waals surface area contributed by atoms with Gasteiger partial charge in [0.15, 0.2) is 0 Å². The van der Waals surface area contributed by atoms with Gasteiger partial charge in [-0.2, -0.15) is 0 Å². The first kappa shape index (κ1) is 9.33. The molecule has 1 aliphatic carbocycles. The molecular formula is C12H15NO2. The van der Waals surface area contributed by atoms with E-state index in [2.05, 4.69) is 18.2 Å². The number of benzene rings is 1. The number of ether oxygens (including phenoxy) is 2. The summed E-state index contributed by atoms with van der Waals surface area (Å²) in [6, 6.07) is 8.35. The summed E-state index contributed by atoms with van der Waals surface area (Å²) in [7, 11) is 0. The zero-order chi connectivity index (χ0) is 10.3. The summed E-state index contributed by atoms with van der Waals surface area (Å²) in [4.78, 5) is 0. The first-order valence-corrected chi connectivity index (χ1v) is 5.41. The summed E-state index contributed by atoms with van der Waals surface area (Å²) >= 11 is 0. The van der Waals surface area contributed by atoms with Crippen molar-refractivity contribution in [2.45, 2.75) is 24.7 Å². The predicted octanol–water partition coefficient (Wildman–Crippen LogP) is 1.03. The van der Waals surface area contributed by atoms with Crippen LogP contribution in [-0.2, 0) is 15.9 Å². The molecule has 0 radical (unpaired) electrons. The summed E-state index contributed by atoms with van der Waals surface area (Å²) < 4.78 is 11.0. The van der Waals surface area contributed by atoms with Crippen molar-refractivity contribution in [1.29, 1.82) is 0 Å². The van der Waals surface area contributed by atoms with E-state index in [1.807, 2.05) is 6.07 Å². The molecule has 3 nitrogen and oxygen atoms in total. The van der Waals surface area contributed by atoms with Gasteiger partial charge in [-0.1, -0.05) is 24.3 Å². The minimum atomic E-state index is 0.0294. The van der Waals surface area contributed by atoms with Crippen LogP contribution in [0.25, 0.3) is 0 Å². The lowest BCUT2D eigenvalue weighted by Gasteiger charge is -2.30. The average molecular weight is 205 g/mol. The van der Waals surface area contributed by atoms with Crippen LogP contribution < -0.4 is 5.73 Å². The van der Waals surface area contributed by atoms with Gasteiger partial charge in [0.1, 0.15) is 6.10 Å². The lowest BCUT2D eigenvalue weighted by molar-refractivity contribution is -0.156. The minimum absolute atomic E-state index is 0.0294. The Balaban J connectivity index is 1.74. The van der Waals surface area contributed by atoms with Crippen LogP contribution in [0, 0.1) is 0 Å². The molecule has 2 N–H and O–H groups in total. The Bertz CT molecular complexity index is 362. The van der Waals surface area contributed by atoms with Gasteiger partial charge in [0.25, 0.3) is 0 Å². The molecule has 1 heterocycles. The molecule has 0 saturated carbocycles. The minimum Gasteiger partial charge on any atom is -0.376 e. The predicted molar refractivity (Wildman–Crippen MR) is 56.6 cm³/mol. The normalized spacial score (nSPS) is 29.9. The van der Waals surface area contributed by atoms with Gasteiger partial charge in [0.2, 0.25) is 0 Å². The average Bonchev–Trinajstić information content (AvgIpc) is 2.51. The van der Waals surface area contributed by atoms with Crippen molar-refractivity contribution in [2.24, 2.45) is 5.73 Å². The largest absolute Gasteiger partial charge is 0.376 e. The Labute approximate surface area is 89.2 Å². The second-order valence-corrected chi connectivity index (χ2v) is 4.26. The monoisotopic (exact) mass is 205 g/mol. The van der Waals surface area contributed by atoms with Crippen LogP contribution in [0.15, 0.2) is 24.3 Å². The van der Waals surface area contributed by atoms with Crippen LogP contribution in [-0.4, -0.2) is 25.4 Å². The molecule has 2 atom stereocenters. The van der Waals surface area contributed by atoms with E-state index in [9.17, 15) is 0 Å². The van der Waals surface area contributed by atoms with Gasteiger partial charge < -0.3 is 15.2 Å². The highest BCUT2D eigenvalue weighted by molar-refractivity contribution is 5.36. The molecule has 0 bridgehead atoms. The molecule has 1 aromatic carbocycles.